The smallest absolute Gasteiger partial charge is 0.319 e. The average molecular weight is 552 g/mol. The monoisotopic (exact) mass is 551 g/mol. The Balaban J connectivity index is 1.57. The van der Waals surface area contributed by atoms with Crippen LogP contribution in [0.25, 0.3) is 0 Å². The second-order valence-electron chi connectivity index (χ2n) is 9.43. The summed E-state index contributed by atoms with van der Waals surface area (Å²) in [5.41, 5.74) is 1.12. The maximum absolute atomic E-state index is 12.9. The molecule has 2 amide bonds. The van der Waals surface area contributed by atoms with Gasteiger partial charge in [-0.1, -0.05) is 37.0 Å². The van der Waals surface area contributed by atoms with Crippen LogP contribution in [-0.2, 0) is 0 Å². The van der Waals surface area contributed by atoms with Gasteiger partial charge < -0.3 is 29.7 Å². The number of hydrogen-bond acceptors (Lipinski definition) is 6. The van der Waals surface area contributed by atoms with Crippen molar-refractivity contribution in [2.75, 3.05) is 46.3 Å². The van der Waals surface area contributed by atoms with E-state index in [0.717, 1.165) is 25.9 Å². The molecule has 0 radical (unpaired) electrons. The highest BCUT2D eigenvalue weighted by atomic mass is 35.5. The predicted molar refractivity (Wildman–Crippen MR) is 147 cm³/mol. The Morgan fingerprint density at radius 1 is 0.973 bits per heavy atom. The van der Waals surface area contributed by atoms with E-state index in [1.807, 2.05) is 0 Å². The molecule has 2 aromatic carbocycles. The molecule has 1 aliphatic rings. The first-order chi connectivity index (χ1) is 17.7. The lowest BCUT2D eigenvalue weighted by Gasteiger charge is -2.35. The van der Waals surface area contributed by atoms with E-state index in [4.69, 9.17) is 37.4 Å². The maximum atomic E-state index is 12.9. The summed E-state index contributed by atoms with van der Waals surface area (Å²) in [6.07, 6.45) is 1.50. The fourth-order valence-corrected chi connectivity index (χ4v) is 4.75. The number of ether oxygens (including phenoxy) is 3. The molecular formula is C27H35Cl2N3O5. The number of nitrogens with one attached hydrogen (secondary N) is 2. The standard InChI is InChI=1S/C27H35Cl2N3O5/c1-16(2)22(31-27(34)30-19-13-23(35-3)26(37-5)24(14-19)36-4)15-32-10-8-17(9-11-32)25(33)18-6-7-20(28)21(29)12-18/h6-7,12-14,16-17,22H,8-11,15H2,1-5H3,(H2,30,31,34). The summed E-state index contributed by atoms with van der Waals surface area (Å²) in [6.45, 7) is 6.39. The Morgan fingerprint density at radius 3 is 2.11 bits per heavy atom. The fourth-order valence-electron chi connectivity index (χ4n) is 4.45. The number of carbonyl (C=O) groups excluding carboxylic acids is 2. The number of anilines is 1. The topological polar surface area (TPSA) is 89.1 Å². The van der Waals surface area contributed by atoms with E-state index >= 15 is 0 Å². The quantitative estimate of drug-likeness (QED) is 0.365. The molecule has 37 heavy (non-hydrogen) atoms. The molecule has 0 saturated carbocycles. The Kier molecular flexibility index (Phi) is 10.3. The minimum Gasteiger partial charge on any atom is -0.493 e. The van der Waals surface area contributed by atoms with Gasteiger partial charge in [-0.25, -0.2) is 4.79 Å². The number of amides is 2. The number of rotatable bonds is 10. The normalized spacial score (nSPS) is 15.2. The van der Waals surface area contributed by atoms with Crippen LogP contribution in [0.15, 0.2) is 30.3 Å². The van der Waals surface area contributed by atoms with Crippen molar-refractivity contribution in [3.63, 3.8) is 0 Å². The minimum atomic E-state index is -0.322. The van der Waals surface area contributed by atoms with E-state index in [9.17, 15) is 9.59 Å². The summed E-state index contributed by atoms with van der Waals surface area (Å²) in [5.74, 6) is 1.62. The van der Waals surface area contributed by atoms with Crippen molar-refractivity contribution < 1.29 is 23.8 Å². The van der Waals surface area contributed by atoms with E-state index in [0.29, 0.717) is 45.1 Å². The van der Waals surface area contributed by atoms with Crippen molar-refractivity contribution in [3.05, 3.63) is 45.9 Å². The molecule has 2 N–H and O–H groups in total. The number of likely N-dealkylation sites (tertiary alicyclic amines) is 1. The lowest BCUT2D eigenvalue weighted by atomic mass is 9.88. The van der Waals surface area contributed by atoms with Crippen LogP contribution < -0.4 is 24.8 Å². The van der Waals surface area contributed by atoms with Crippen molar-refractivity contribution >= 4 is 40.7 Å². The van der Waals surface area contributed by atoms with Crippen molar-refractivity contribution in [2.45, 2.75) is 32.7 Å². The number of halogens is 2. The highest BCUT2D eigenvalue weighted by Gasteiger charge is 2.28. The predicted octanol–water partition coefficient (Wildman–Crippen LogP) is 5.76. The first kappa shape index (κ1) is 28.9. The van der Waals surface area contributed by atoms with Crippen molar-refractivity contribution in [1.82, 2.24) is 10.2 Å². The second-order valence-corrected chi connectivity index (χ2v) is 10.2. The third-order valence-corrected chi connectivity index (χ3v) is 7.40. The molecule has 1 unspecified atom stereocenters. The molecule has 1 heterocycles. The fraction of sp³-hybridized carbons (Fsp3) is 0.481. The van der Waals surface area contributed by atoms with Crippen molar-refractivity contribution in [1.29, 1.82) is 0 Å². The van der Waals surface area contributed by atoms with Gasteiger partial charge >= 0.3 is 6.03 Å². The van der Waals surface area contributed by atoms with Crippen molar-refractivity contribution in [3.8, 4) is 17.2 Å². The number of Topliss-reactive ketones (excluding diaryl/α,β-unsaturated/α-hetero) is 1. The Hall–Kier alpha value is -2.68. The molecule has 0 spiro atoms. The number of nitrogens with zero attached hydrogens (tertiary/aromatic N) is 1. The van der Waals surface area contributed by atoms with Gasteiger partial charge in [-0.2, -0.15) is 0 Å². The molecule has 202 valence electrons. The van der Waals surface area contributed by atoms with Gasteiger partial charge in [-0.3, -0.25) is 4.79 Å². The number of carbonyl (C=O) groups is 2. The molecular weight excluding hydrogens is 517 g/mol. The summed E-state index contributed by atoms with van der Waals surface area (Å²) in [7, 11) is 4.58. The molecule has 8 nitrogen and oxygen atoms in total. The first-order valence-electron chi connectivity index (χ1n) is 12.3. The molecule has 1 saturated heterocycles. The number of ketones is 1. The third-order valence-electron chi connectivity index (χ3n) is 6.66. The van der Waals surface area contributed by atoms with Crippen LogP contribution in [0.1, 0.15) is 37.0 Å². The minimum absolute atomic E-state index is 0.0534. The average Bonchev–Trinajstić information content (AvgIpc) is 2.89. The summed E-state index contributed by atoms with van der Waals surface area (Å²) >= 11 is 12.1. The van der Waals surface area contributed by atoms with E-state index in [2.05, 4.69) is 29.4 Å². The molecule has 10 heteroatoms. The molecule has 0 bridgehead atoms. The molecule has 2 aromatic rings. The molecule has 0 aliphatic carbocycles. The summed E-state index contributed by atoms with van der Waals surface area (Å²) in [6, 6.07) is 8.00. The van der Waals surface area contributed by atoms with Crippen LogP contribution in [0.2, 0.25) is 10.0 Å². The lowest BCUT2D eigenvalue weighted by Crippen LogP contribution is -2.50. The molecule has 1 aliphatic heterocycles. The van der Waals surface area contributed by atoms with Crippen LogP contribution in [0.4, 0.5) is 10.5 Å². The largest absolute Gasteiger partial charge is 0.493 e. The van der Waals surface area contributed by atoms with Gasteiger partial charge in [0.25, 0.3) is 0 Å². The second kappa shape index (κ2) is 13.2. The maximum Gasteiger partial charge on any atom is 0.319 e. The molecule has 0 aromatic heterocycles. The lowest BCUT2D eigenvalue weighted by molar-refractivity contribution is 0.0827. The number of piperidine rings is 1. The Morgan fingerprint density at radius 2 is 1.59 bits per heavy atom. The Labute approximate surface area is 228 Å². The summed E-state index contributed by atoms with van der Waals surface area (Å²) in [5, 5.41) is 6.78. The van der Waals surface area contributed by atoms with Gasteiger partial charge in [0, 0.05) is 36.2 Å². The van der Waals surface area contributed by atoms with Crippen LogP contribution >= 0.6 is 23.2 Å². The van der Waals surface area contributed by atoms with Crippen LogP contribution in [0.3, 0.4) is 0 Å². The number of urea groups is 1. The highest BCUT2D eigenvalue weighted by molar-refractivity contribution is 6.42. The van der Waals surface area contributed by atoms with Crippen LogP contribution in [0.5, 0.6) is 17.2 Å². The van der Waals surface area contributed by atoms with Crippen LogP contribution in [0, 0.1) is 11.8 Å². The van der Waals surface area contributed by atoms with E-state index < -0.39 is 0 Å². The molecule has 3 rings (SSSR count). The highest BCUT2D eigenvalue weighted by Crippen LogP contribution is 2.40. The number of hydrogen-bond donors (Lipinski definition) is 2. The SMILES string of the molecule is COc1cc(NC(=O)NC(CN2CCC(C(=O)c3ccc(Cl)c(Cl)c3)CC2)C(C)C)cc(OC)c1OC. The summed E-state index contributed by atoms with van der Waals surface area (Å²) < 4.78 is 16.1. The Bertz CT molecular complexity index is 1080. The first-order valence-corrected chi connectivity index (χ1v) is 13.0. The van der Waals surface area contributed by atoms with Gasteiger partial charge in [0.2, 0.25) is 5.75 Å². The zero-order valence-electron chi connectivity index (χ0n) is 21.9. The van der Waals surface area contributed by atoms with E-state index in [-0.39, 0.29) is 29.7 Å². The third kappa shape index (κ3) is 7.43. The van der Waals surface area contributed by atoms with Gasteiger partial charge in [-0.05, 0) is 50.0 Å². The molecule has 1 atom stereocenters. The van der Waals surface area contributed by atoms with Gasteiger partial charge in [0.05, 0.1) is 37.1 Å². The summed E-state index contributed by atoms with van der Waals surface area (Å²) in [4.78, 5) is 28.1. The van der Waals surface area contributed by atoms with E-state index in [1.165, 1.54) is 21.3 Å². The van der Waals surface area contributed by atoms with E-state index in [1.54, 1.807) is 30.3 Å². The zero-order valence-corrected chi connectivity index (χ0v) is 23.4. The number of benzene rings is 2. The van der Waals surface area contributed by atoms with Crippen LogP contribution in [-0.4, -0.2) is 63.7 Å². The van der Waals surface area contributed by atoms with Gasteiger partial charge in [0.15, 0.2) is 17.3 Å². The number of methoxy groups -OCH3 is 3. The van der Waals surface area contributed by atoms with Crippen molar-refractivity contribution in [2.24, 2.45) is 11.8 Å². The van der Waals surface area contributed by atoms with Gasteiger partial charge in [0.1, 0.15) is 0 Å². The molecule has 1 fully saturated rings. The zero-order chi connectivity index (χ0) is 27.1. The van der Waals surface area contributed by atoms with Gasteiger partial charge in [-0.15, -0.1) is 0 Å².